The van der Waals surface area contributed by atoms with Crippen LogP contribution in [0.4, 0.5) is 0 Å². The van der Waals surface area contributed by atoms with Gasteiger partial charge in [-0.2, -0.15) is 0 Å². The molecule has 0 bridgehead atoms. The summed E-state index contributed by atoms with van der Waals surface area (Å²) in [6.45, 7) is 0. The van der Waals surface area contributed by atoms with Gasteiger partial charge in [-0.05, 0) is 24.3 Å². The van der Waals surface area contributed by atoms with E-state index in [1.54, 1.807) is 60.7 Å². The average molecular weight is 404 g/mol. The van der Waals surface area contributed by atoms with Crippen LogP contribution in [0.25, 0.3) is 0 Å². The number of para-hydroxylation sites is 2. The molecule has 8 heteroatoms. The molecule has 2 aliphatic rings. The topological polar surface area (TPSA) is 108 Å². The Morgan fingerprint density at radius 2 is 1.17 bits per heavy atom. The van der Waals surface area contributed by atoms with Gasteiger partial charge in [0.2, 0.25) is 6.29 Å². The first-order valence-corrected chi connectivity index (χ1v) is 8.90. The number of rotatable bonds is 4. The Kier molecular flexibility index (Phi) is 4.00. The summed E-state index contributed by atoms with van der Waals surface area (Å²) in [5.41, 5.74) is -0.826. The third kappa shape index (κ3) is 2.70. The predicted octanol–water partition coefficient (Wildman–Crippen LogP) is 3.74. The van der Waals surface area contributed by atoms with Crippen molar-refractivity contribution in [3.8, 4) is 23.0 Å². The maximum atomic E-state index is 12.5. The van der Waals surface area contributed by atoms with E-state index in [0.29, 0.717) is 11.5 Å². The van der Waals surface area contributed by atoms with Crippen molar-refractivity contribution in [1.29, 1.82) is 0 Å². The van der Waals surface area contributed by atoms with Crippen LogP contribution in [0.1, 0.15) is 42.9 Å². The van der Waals surface area contributed by atoms with E-state index >= 15 is 0 Å². The molecule has 0 saturated carbocycles. The standard InChI is InChI=1S/C22H12O8/c23-19-13-15(21(25)29-19)18(28-12-9-5-2-6-10-12)16-14(20(24)30-22(16)26)17(13)27-11-7-3-1-4-8-11/h1-10,19,23H. The summed E-state index contributed by atoms with van der Waals surface area (Å²) < 4.78 is 21.3. The number of carbonyl (C=O) groups is 3. The Morgan fingerprint density at radius 1 is 0.667 bits per heavy atom. The summed E-state index contributed by atoms with van der Waals surface area (Å²) in [4.78, 5) is 37.5. The second kappa shape index (κ2) is 6.71. The van der Waals surface area contributed by atoms with Gasteiger partial charge in [-0.3, -0.25) is 0 Å². The van der Waals surface area contributed by atoms with Crippen molar-refractivity contribution in [3.63, 3.8) is 0 Å². The van der Waals surface area contributed by atoms with Gasteiger partial charge in [0.15, 0.2) is 11.5 Å². The summed E-state index contributed by atoms with van der Waals surface area (Å²) in [7, 11) is 0. The lowest BCUT2D eigenvalue weighted by atomic mass is 9.96. The molecule has 2 heterocycles. The van der Waals surface area contributed by atoms with E-state index < -0.39 is 24.2 Å². The van der Waals surface area contributed by atoms with Gasteiger partial charge in [-0.1, -0.05) is 36.4 Å². The zero-order chi connectivity index (χ0) is 20.8. The first kappa shape index (κ1) is 17.9. The quantitative estimate of drug-likeness (QED) is 0.517. The fourth-order valence-corrected chi connectivity index (χ4v) is 3.38. The monoisotopic (exact) mass is 404 g/mol. The van der Waals surface area contributed by atoms with E-state index in [1.807, 2.05) is 0 Å². The molecular formula is C22H12O8. The van der Waals surface area contributed by atoms with Crippen LogP contribution >= 0.6 is 0 Å². The molecule has 0 radical (unpaired) electrons. The van der Waals surface area contributed by atoms with Gasteiger partial charge >= 0.3 is 17.9 Å². The van der Waals surface area contributed by atoms with Gasteiger partial charge in [0, 0.05) is 0 Å². The van der Waals surface area contributed by atoms with Crippen LogP contribution in [0.5, 0.6) is 23.0 Å². The lowest BCUT2D eigenvalue weighted by Crippen LogP contribution is -2.08. The van der Waals surface area contributed by atoms with Crippen LogP contribution in [-0.4, -0.2) is 23.0 Å². The first-order chi connectivity index (χ1) is 14.5. The number of aliphatic hydroxyl groups is 1. The van der Waals surface area contributed by atoms with Crippen molar-refractivity contribution in [3.05, 3.63) is 82.9 Å². The summed E-state index contributed by atoms with van der Waals surface area (Å²) in [5, 5.41) is 10.4. The third-order valence-corrected chi connectivity index (χ3v) is 4.63. The lowest BCUT2D eigenvalue weighted by Gasteiger charge is -2.16. The van der Waals surface area contributed by atoms with Crippen LogP contribution in [-0.2, 0) is 9.47 Å². The van der Waals surface area contributed by atoms with Gasteiger partial charge < -0.3 is 24.1 Å². The van der Waals surface area contributed by atoms with E-state index in [0.717, 1.165) is 0 Å². The molecule has 1 atom stereocenters. The molecule has 0 amide bonds. The fourth-order valence-electron chi connectivity index (χ4n) is 3.38. The van der Waals surface area contributed by atoms with Crippen LogP contribution in [0.15, 0.2) is 60.7 Å². The van der Waals surface area contributed by atoms with Crippen LogP contribution < -0.4 is 9.47 Å². The molecule has 148 valence electrons. The number of esters is 3. The predicted molar refractivity (Wildman–Crippen MR) is 99.6 cm³/mol. The molecular weight excluding hydrogens is 392 g/mol. The largest absolute Gasteiger partial charge is 0.456 e. The molecule has 30 heavy (non-hydrogen) atoms. The number of carbonyl (C=O) groups excluding carboxylic acids is 3. The molecule has 0 spiro atoms. The number of aliphatic hydroxyl groups excluding tert-OH is 1. The molecule has 0 saturated heterocycles. The van der Waals surface area contributed by atoms with Crippen molar-refractivity contribution in [2.45, 2.75) is 6.29 Å². The molecule has 3 aromatic carbocycles. The minimum Gasteiger partial charge on any atom is -0.456 e. The maximum absolute atomic E-state index is 12.5. The van der Waals surface area contributed by atoms with E-state index in [2.05, 4.69) is 0 Å². The molecule has 0 aliphatic carbocycles. The van der Waals surface area contributed by atoms with Crippen molar-refractivity contribution in [2.75, 3.05) is 0 Å². The minimum absolute atomic E-state index is 0.111. The summed E-state index contributed by atoms with van der Waals surface area (Å²) >= 11 is 0. The second-order valence-electron chi connectivity index (χ2n) is 6.46. The second-order valence-corrected chi connectivity index (χ2v) is 6.46. The normalized spacial score (nSPS) is 16.6. The highest BCUT2D eigenvalue weighted by atomic mass is 16.6. The van der Waals surface area contributed by atoms with Crippen molar-refractivity contribution in [2.24, 2.45) is 0 Å². The van der Waals surface area contributed by atoms with E-state index in [4.69, 9.17) is 18.9 Å². The van der Waals surface area contributed by atoms with Gasteiger partial charge in [0.25, 0.3) is 0 Å². The third-order valence-electron chi connectivity index (χ3n) is 4.63. The molecule has 8 nitrogen and oxygen atoms in total. The summed E-state index contributed by atoms with van der Waals surface area (Å²) in [5.74, 6) is -2.69. The highest BCUT2D eigenvalue weighted by Gasteiger charge is 2.47. The Hall–Kier alpha value is -4.17. The number of hydrogen-bond acceptors (Lipinski definition) is 8. The highest BCUT2D eigenvalue weighted by molar-refractivity contribution is 6.20. The van der Waals surface area contributed by atoms with Crippen molar-refractivity contribution in [1.82, 2.24) is 0 Å². The van der Waals surface area contributed by atoms with Crippen LogP contribution in [0.3, 0.4) is 0 Å². The van der Waals surface area contributed by atoms with Crippen LogP contribution in [0.2, 0.25) is 0 Å². The molecule has 1 N–H and O–H groups in total. The van der Waals surface area contributed by atoms with E-state index in [-0.39, 0.29) is 33.8 Å². The SMILES string of the molecule is O=C1OC(=O)c2c(Oc3ccccc3)c3c(c(Oc4ccccc4)c21)C(=O)OC3O. The van der Waals surface area contributed by atoms with Crippen LogP contribution in [0, 0.1) is 0 Å². The summed E-state index contributed by atoms with van der Waals surface area (Å²) in [6, 6.07) is 16.7. The van der Waals surface area contributed by atoms with Crippen molar-refractivity contribution < 1.29 is 38.4 Å². The highest BCUT2D eigenvalue weighted by Crippen LogP contribution is 2.50. The average Bonchev–Trinajstić information content (AvgIpc) is 3.21. The smallest absolute Gasteiger partial charge is 0.350 e. The Labute approximate surface area is 169 Å². The summed E-state index contributed by atoms with van der Waals surface area (Å²) in [6.07, 6.45) is -1.71. The molecule has 0 fully saturated rings. The number of hydrogen-bond donors (Lipinski definition) is 1. The van der Waals surface area contributed by atoms with Gasteiger partial charge in [0.05, 0.1) is 5.56 Å². The molecule has 5 rings (SSSR count). The first-order valence-electron chi connectivity index (χ1n) is 8.90. The molecule has 0 aromatic heterocycles. The molecule has 2 aliphatic heterocycles. The Balaban J connectivity index is 1.79. The Morgan fingerprint density at radius 3 is 1.73 bits per heavy atom. The van der Waals surface area contributed by atoms with Gasteiger partial charge in [-0.25, -0.2) is 14.4 Å². The number of benzene rings is 3. The van der Waals surface area contributed by atoms with E-state index in [1.165, 1.54) is 0 Å². The number of cyclic esters (lactones) is 3. The van der Waals surface area contributed by atoms with Gasteiger partial charge in [0.1, 0.15) is 28.2 Å². The minimum atomic E-state index is -1.71. The molecule has 3 aromatic rings. The molecule has 1 unspecified atom stereocenters. The number of fused-ring (bicyclic) bond motifs is 2. The number of ether oxygens (including phenoxy) is 4. The van der Waals surface area contributed by atoms with Crippen molar-refractivity contribution >= 4 is 17.9 Å². The fraction of sp³-hybridized carbons (Fsp3) is 0.0455. The van der Waals surface area contributed by atoms with E-state index in [9.17, 15) is 19.5 Å². The zero-order valence-electron chi connectivity index (χ0n) is 15.2. The van der Waals surface area contributed by atoms with Gasteiger partial charge in [-0.15, -0.1) is 0 Å². The maximum Gasteiger partial charge on any atom is 0.350 e. The lowest BCUT2D eigenvalue weighted by molar-refractivity contribution is -0.0554. The Bertz CT molecular complexity index is 1200. The zero-order valence-corrected chi connectivity index (χ0v) is 15.2.